The molecule has 0 amide bonds. The molecule has 17 heavy (non-hydrogen) atoms. The Morgan fingerprint density at radius 2 is 2.41 bits per heavy atom. The molecule has 0 aliphatic carbocycles. The van der Waals surface area contributed by atoms with Crippen LogP contribution >= 0.6 is 28.1 Å². The highest BCUT2D eigenvalue weighted by Crippen LogP contribution is 2.22. The molecule has 1 saturated heterocycles. The molecular weight excluding hydrogens is 300 g/mol. The first-order valence-corrected chi connectivity index (χ1v) is 6.94. The van der Waals surface area contributed by atoms with Crippen LogP contribution in [0.4, 0.5) is 0 Å². The van der Waals surface area contributed by atoms with E-state index in [2.05, 4.69) is 37.6 Å². The molecule has 1 fully saturated rings. The summed E-state index contributed by atoms with van der Waals surface area (Å²) >= 11 is 8.83. The number of H-pyrrole nitrogens is 1. The standard InChI is InChI=1S/C12H13BrN2OS/c13-8-3-4-11-10(6-8)14-12(17)15(11)7-9-2-1-5-16-9/h3-4,6,9H,1-2,5,7H2,(H,14,17). The van der Waals surface area contributed by atoms with E-state index in [1.54, 1.807) is 0 Å². The van der Waals surface area contributed by atoms with E-state index in [4.69, 9.17) is 17.0 Å². The Kier molecular flexibility index (Phi) is 3.06. The third-order valence-electron chi connectivity index (χ3n) is 3.15. The van der Waals surface area contributed by atoms with Gasteiger partial charge in [-0.1, -0.05) is 15.9 Å². The van der Waals surface area contributed by atoms with Crippen LogP contribution in [-0.2, 0) is 11.3 Å². The van der Waals surface area contributed by atoms with Crippen molar-refractivity contribution in [2.24, 2.45) is 0 Å². The van der Waals surface area contributed by atoms with E-state index < -0.39 is 0 Å². The second-order valence-electron chi connectivity index (χ2n) is 4.34. The summed E-state index contributed by atoms with van der Waals surface area (Å²) in [6.07, 6.45) is 2.60. The molecule has 1 unspecified atom stereocenters. The molecule has 0 spiro atoms. The van der Waals surface area contributed by atoms with Crippen LogP contribution in [0.15, 0.2) is 22.7 Å². The molecule has 0 saturated carbocycles. The van der Waals surface area contributed by atoms with Crippen molar-refractivity contribution in [3.63, 3.8) is 0 Å². The molecule has 1 aromatic carbocycles. The van der Waals surface area contributed by atoms with Gasteiger partial charge in [-0.25, -0.2) is 0 Å². The first-order valence-electron chi connectivity index (χ1n) is 5.74. The van der Waals surface area contributed by atoms with E-state index in [1.807, 2.05) is 6.07 Å². The molecule has 3 rings (SSSR count). The van der Waals surface area contributed by atoms with Gasteiger partial charge in [-0.3, -0.25) is 0 Å². The van der Waals surface area contributed by atoms with Crippen LogP contribution in [0.2, 0.25) is 0 Å². The third-order valence-corrected chi connectivity index (χ3v) is 3.96. The highest BCUT2D eigenvalue weighted by Gasteiger charge is 2.17. The molecule has 1 N–H and O–H groups in total. The fourth-order valence-electron chi connectivity index (χ4n) is 2.31. The van der Waals surface area contributed by atoms with Gasteiger partial charge in [0, 0.05) is 11.1 Å². The second-order valence-corrected chi connectivity index (χ2v) is 5.64. The summed E-state index contributed by atoms with van der Waals surface area (Å²) in [5.74, 6) is 0. The average molecular weight is 313 g/mol. The number of aromatic amines is 1. The number of rotatable bonds is 2. The lowest BCUT2D eigenvalue weighted by Gasteiger charge is -2.10. The number of ether oxygens (including phenoxy) is 1. The number of nitrogens with zero attached hydrogens (tertiary/aromatic N) is 1. The van der Waals surface area contributed by atoms with Crippen molar-refractivity contribution < 1.29 is 4.74 Å². The molecule has 2 heterocycles. The van der Waals surface area contributed by atoms with Crippen LogP contribution in [0, 0.1) is 4.77 Å². The summed E-state index contributed by atoms with van der Waals surface area (Å²) in [5.41, 5.74) is 2.22. The number of fused-ring (bicyclic) bond motifs is 1. The first kappa shape index (κ1) is 11.4. The molecule has 5 heteroatoms. The Morgan fingerprint density at radius 3 is 3.18 bits per heavy atom. The average Bonchev–Trinajstić information content (AvgIpc) is 2.88. The maximum Gasteiger partial charge on any atom is 0.178 e. The van der Waals surface area contributed by atoms with Gasteiger partial charge in [-0.2, -0.15) is 0 Å². The largest absolute Gasteiger partial charge is 0.376 e. The van der Waals surface area contributed by atoms with Gasteiger partial charge < -0.3 is 14.3 Å². The van der Waals surface area contributed by atoms with Gasteiger partial charge in [0.05, 0.1) is 23.7 Å². The van der Waals surface area contributed by atoms with Crippen molar-refractivity contribution in [1.29, 1.82) is 0 Å². The Labute approximate surface area is 113 Å². The van der Waals surface area contributed by atoms with Crippen LogP contribution in [0.25, 0.3) is 11.0 Å². The van der Waals surface area contributed by atoms with E-state index >= 15 is 0 Å². The van der Waals surface area contributed by atoms with Gasteiger partial charge in [-0.15, -0.1) is 0 Å². The molecule has 90 valence electrons. The smallest absolute Gasteiger partial charge is 0.178 e. The Morgan fingerprint density at radius 1 is 1.53 bits per heavy atom. The predicted molar refractivity (Wildman–Crippen MR) is 73.8 cm³/mol. The molecule has 1 aliphatic rings. The number of halogens is 1. The second kappa shape index (κ2) is 4.55. The minimum absolute atomic E-state index is 0.310. The zero-order chi connectivity index (χ0) is 11.8. The van der Waals surface area contributed by atoms with Gasteiger partial charge in [0.25, 0.3) is 0 Å². The van der Waals surface area contributed by atoms with Crippen molar-refractivity contribution in [3.8, 4) is 0 Å². The molecule has 0 radical (unpaired) electrons. The summed E-state index contributed by atoms with van der Waals surface area (Å²) in [6.45, 7) is 1.73. The monoisotopic (exact) mass is 312 g/mol. The lowest BCUT2D eigenvalue weighted by Crippen LogP contribution is -2.14. The quantitative estimate of drug-likeness (QED) is 0.858. The summed E-state index contributed by atoms with van der Waals surface area (Å²) < 4.78 is 9.63. The summed E-state index contributed by atoms with van der Waals surface area (Å²) in [5, 5.41) is 0. The van der Waals surface area contributed by atoms with Crippen molar-refractivity contribution in [2.45, 2.75) is 25.5 Å². The van der Waals surface area contributed by atoms with Gasteiger partial charge >= 0.3 is 0 Å². The Bertz CT molecular complexity index is 598. The molecule has 1 aliphatic heterocycles. The molecular formula is C12H13BrN2OS. The van der Waals surface area contributed by atoms with E-state index in [0.717, 1.165) is 46.3 Å². The number of aromatic nitrogens is 2. The SMILES string of the molecule is S=c1[nH]c2cc(Br)ccc2n1CC1CCCO1. The van der Waals surface area contributed by atoms with Crippen molar-refractivity contribution >= 4 is 39.2 Å². The molecule has 3 nitrogen and oxygen atoms in total. The number of imidazole rings is 1. The third kappa shape index (κ3) is 2.19. The van der Waals surface area contributed by atoms with Crippen molar-refractivity contribution in [1.82, 2.24) is 9.55 Å². The summed E-state index contributed by atoms with van der Waals surface area (Å²) in [4.78, 5) is 3.23. The number of benzene rings is 1. The minimum atomic E-state index is 0.310. The highest BCUT2D eigenvalue weighted by molar-refractivity contribution is 9.10. The summed E-state index contributed by atoms with van der Waals surface area (Å²) in [7, 11) is 0. The Hall–Kier alpha value is -0.650. The maximum atomic E-state index is 5.66. The Balaban J connectivity index is 2.02. The van der Waals surface area contributed by atoms with Gasteiger partial charge in [-0.05, 0) is 43.3 Å². The number of hydrogen-bond donors (Lipinski definition) is 1. The lowest BCUT2D eigenvalue weighted by atomic mass is 10.2. The van der Waals surface area contributed by atoms with Crippen LogP contribution in [0.1, 0.15) is 12.8 Å². The first-order chi connectivity index (χ1) is 8.24. The van der Waals surface area contributed by atoms with E-state index in [-0.39, 0.29) is 0 Å². The molecule has 1 atom stereocenters. The van der Waals surface area contributed by atoms with E-state index in [9.17, 15) is 0 Å². The topological polar surface area (TPSA) is 29.9 Å². The maximum absolute atomic E-state index is 5.66. The zero-order valence-corrected chi connectivity index (χ0v) is 11.7. The highest BCUT2D eigenvalue weighted by atomic mass is 79.9. The normalized spacial score (nSPS) is 20.2. The van der Waals surface area contributed by atoms with Gasteiger partial charge in [0.1, 0.15) is 0 Å². The van der Waals surface area contributed by atoms with Crippen molar-refractivity contribution in [2.75, 3.05) is 6.61 Å². The van der Waals surface area contributed by atoms with Crippen molar-refractivity contribution in [3.05, 3.63) is 27.4 Å². The summed E-state index contributed by atoms with van der Waals surface area (Å²) in [6, 6.07) is 6.18. The van der Waals surface area contributed by atoms with Gasteiger partial charge in [0.15, 0.2) is 4.77 Å². The van der Waals surface area contributed by atoms with Crippen LogP contribution in [-0.4, -0.2) is 22.3 Å². The number of nitrogens with one attached hydrogen (secondary N) is 1. The van der Waals surface area contributed by atoms with Gasteiger partial charge in [0.2, 0.25) is 0 Å². The van der Waals surface area contributed by atoms with Crippen LogP contribution in [0.3, 0.4) is 0 Å². The lowest BCUT2D eigenvalue weighted by molar-refractivity contribution is 0.0976. The van der Waals surface area contributed by atoms with E-state index in [0.29, 0.717) is 6.10 Å². The predicted octanol–water partition coefficient (Wildman–Crippen LogP) is 3.64. The fourth-order valence-corrected chi connectivity index (χ4v) is 2.95. The van der Waals surface area contributed by atoms with Crippen LogP contribution in [0.5, 0.6) is 0 Å². The minimum Gasteiger partial charge on any atom is -0.376 e. The molecule has 2 aromatic rings. The van der Waals surface area contributed by atoms with Crippen LogP contribution < -0.4 is 0 Å². The zero-order valence-electron chi connectivity index (χ0n) is 9.28. The van der Waals surface area contributed by atoms with E-state index in [1.165, 1.54) is 0 Å². The fraction of sp³-hybridized carbons (Fsp3) is 0.417. The molecule has 0 bridgehead atoms. The molecule has 1 aromatic heterocycles. The number of hydrogen-bond acceptors (Lipinski definition) is 2.